The van der Waals surface area contributed by atoms with Gasteiger partial charge in [-0.3, -0.25) is 4.90 Å². The first kappa shape index (κ1) is 23.1. The van der Waals surface area contributed by atoms with Gasteiger partial charge >= 0.3 is 6.18 Å². The molecular formula is C25H25F3N6O. The van der Waals surface area contributed by atoms with Crippen LogP contribution in [0.15, 0.2) is 65.2 Å². The molecule has 0 saturated carbocycles. The quantitative estimate of drug-likeness (QED) is 0.400. The number of benzene rings is 2. The number of para-hydroxylation sites is 2. The third-order valence-electron chi connectivity index (χ3n) is 6.21. The van der Waals surface area contributed by atoms with E-state index in [0.29, 0.717) is 30.1 Å². The van der Waals surface area contributed by atoms with Crippen molar-refractivity contribution in [3.05, 3.63) is 77.9 Å². The maximum Gasteiger partial charge on any atom is 0.434 e. The van der Waals surface area contributed by atoms with Gasteiger partial charge in [-0.05, 0) is 30.7 Å². The van der Waals surface area contributed by atoms with Gasteiger partial charge in [0.1, 0.15) is 0 Å². The summed E-state index contributed by atoms with van der Waals surface area (Å²) in [6.07, 6.45) is -3.05. The predicted molar refractivity (Wildman–Crippen MR) is 125 cm³/mol. The van der Waals surface area contributed by atoms with Crippen LogP contribution in [-0.2, 0) is 12.6 Å². The molecule has 0 aliphatic carbocycles. The van der Waals surface area contributed by atoms with Crippen molar-refractivity contribution in [1.29, 1.82) is 0 Å². The van der Waals surface area contributed by atoms with Gasteiger partial charge < -0.3 is 9.32 Å². The van der Waals surface area contributed by atoms with E-state index in [-0.39, 0.29) is 11.5 Å². The number of rotatable bonds is 6. The van der Waals surface area contributed by atoms with Crippen LogP contribution < -0.4 is 4.90 Å². The Morgan fingerprint density at radius 3 is 2.34 bits per heavy atom. The molecule has 0 atom stereocenters. The average Bonchev–Trinajstić information content (AvgIpc) is 3.51. The zero-order valence-electron chi connectivity index (χ0n) is 19.2. The molecule has 1 aliphatic heterocycles. The van der Waals surface area contributed by atoms with Crippen molar-refractivity contribution in [1.82, 2.24) is 24.9 Å². The predicted octanol–water partition coefficient (Wildman–Crippen LogP) is 4.61. The number of nitrogens with zero attached hydrogens (tertiary/aromatic N) is 6. The highest BCUT2D eigenvalue weighted by Gasteiger charge is 2.40. The Kier molecular flexibility index (Phi) is 6.29. The van der Waals surface area contributed by atoms with Gasteiger partial charge in [-0.1, -0.05) is 36.4 Å². The van der Waals surface area contributed by atoms with Crippen molar-refractivity contribution < 1.29 is 17.6 Å². The van der Waals surface area contributed by atoms with Crippen molar-refractivity contribution in [3.8, 4) is 17.1 Å². The van der Waals surface area contributed by atoms with E-state index in [9.17, 15) is 13.2 Å². The molecule has 0 bridgehead atoms. The highest BCUT2D eigenvalue weighted by Crippen LogP contribution is 2.38. The standard InChI is InChI=1S/C25H25F3N6O/c1-18-7-5-6-10-21(18)34-23(25(26,27)28)20(17-29-34)24-31-30-22(35-24)11-12-32-13-15-33(16-14-32)19-8-3-2-4-9-19/h2-10,17H,11-16H2,1H3. The van der Waals surface area contributed by atoms with E-state index in [4.69, 9.17) is 4.42 Å². The van der Waals surface area contributed by atoms with Crippen molar-refractivity contribution in [3.63, 3.8) is 0 Å². The van der Waals surface area contributed by atoms with Gasteiger partial charge in [0.2, 0.25) is 5.89 Å². The number of anilines is 1. The third-order valence-corrected chi connectivity index (χ3v) is 6.21. The molecule has 0 spiro atoms. The molecule has 0 unspecified atom stereocenters. The Hall–Kier alpha value is -3.66. The molecule has 2 aromatic carbocycles. The number of piperazine rings is 1. The summed E-state index contributed by atoms with van der Waals surface area (Å²) in [5, 5.41) is 11.9. The van der Waals surface area contributed by atoms with E-state index in [1.165, 1.54) is 5.69 Å². The molecule has 7 nitrogen and oxygen atoms in total. The van der Waals surface area contributed by atoms with Gasteiger partial charge in [-0.2, -0.15) is 18.3 Å². The minimum Gasteiger partial charge on any atom is -0.421 e. The number of halogens is 3. The molecule has 0 N–H and O–H groups in total. The molecule has 182 valence electrons. The van der Waals surface area contributed by atoms with Gasteiger partial charge in [-0.25, -0.2) is 4.68 Å². The lowest BCUT2D eigenvalue weighted by Gasteiger charge is -2.35. The van der Waals surface area contributed by atoms with E-state index in [1.807, 2.05) is 18.2 Å². The van der Waals surface area contributed by atoms with Crippen LogP contribution in [0.4, 0.5) is 18.9 Å². The highest BCUT2D eigenvalue weighted by molar-refractivity contribution is 5.58. The van der Waals surface area contributed by atoms with Crippen LogP contribution in [0.5, 0.6) is 0 Å². The number of aromatic nitrogens is 4. The maximum atomic E-state index is 14.0. The second kappa shape index (κ2) is 9.53. The Labute approximate surface area is 200 Å². The van der Waals surface area contributed by atoms with E-state index < -0.39 is 11.9 Å². The average molecular weight is 483 g/mol. The summed E-state index contributed by atoms with van der Waals surface area (Å²) in [6.45, 7) is 6.02. The van der Waals surface area contributed by atoms with Crippen molar-refractivity contribution in [2.45, 2.75) is 19.5 Å². The van der Waals surface area contributed by atoms with Crippen molar-refractivity contribution in [2.24, 2.45) is 0 Å². The van der Waals surface area contributed by atoms with E-state index in [2.05, 4.69) is 37.2 Å². The van der Waals surface area contributed by atoms with Gasteiger partial charge in [0.25, 0.3) is 5.89 Å². The molecule has 0 amide bonds. The molecule has 1 saturated heterocycles. The smallest absolute Gasteiger partial charge is 0.421 e. The fourth-order valence-electron chi connectivity index (χ4n) is 4.35. The number of hydrogen-bond donors (Lipinski definition) is 0. The zero-order valence-corrected chi connectivity index (χ0v) is 19.2. The zero-order chi connectivity index (χ0) is 24.4. The Morgan fingerprint density at radius 2 is 1.63 bits per heavy atom. The van der Waals surface area contributed by atoms with Crippen LogP contribution in [0.3, 0.4) is 0 Å². The molecule has 3 heterocycles. The fraction of sp³-hybridized carbons (Fsp3) is 0.320. The number of alkyl halides is 3. The van der Waals surface area contributed by atoms with Crippen molar-refractivity contribution in [2.75, 3.05) is 37.6 Å². The maximum absolute atomic E-state index is 14.0. The minimum atomic E-state index is -4.65. The summed E-state index contributed by atoms with van der Waals surface area (Å²) in [5.41, 5.74) is 1.07. The number of hydrogen-bond acceptors (Lipinski definition) is 6. The molecular weight excluding hydrogens is 457 g/mol. The Bertz CT molecular complexity index is 1280. The van der Waals surface area contributed by atoms with Gasteiger partial charge in [0, 0.05) is 44.8 Å². The molecule has 35 heavy (non-hydrogen) atoms. The second-order valence-corrected chi connectivity index (χ2v) is 8.52. The molecule has 2 aromatic heterocycles. The summed E-state index contributed by atoms with van der Waals surface area (Å²) in [6, 6.07) is 17.0. The molecule has 0 radical (unpaired) electrons. The van der Waals surface area contributed by atoms with Crippen LogP contribution in [0.1, 0.15) is 17.1 Å². The van der Waals surface area contributed by atoms with Crippen LogP contribution in [0.25, 0.3) is 17.1 Å². The lowest BCUT2D eigenvalue weighted by Crippen LogP contribution is -2.47. The summed E-state index contributed by atoms with van der Waals surface area (Å²) in [4.78, 5) is 4.63. The summed E-state index contributed by atoms with van der Waals surface area (Å²) >= 11 is 0. The largest absolute Gasteiger partial charge is 0.434 e. The molecule has 5 rings (SSSR count). The minimum absolute atomic E-state index is 0.180. The van der Waals surface area contributed by atoms with Gasteiger partial charge in [0.15, 0.2) is 5.69 Å². The fourth-order valence-corrected chi connectivity index (χ4v) is 4.35. The first-order valence-electron chi connectivity index (χ1n) is 11.5. The lowest BCUT2D eigenvalue weighted by atomic mass is 10.2. The summed E-state index contributed by atoms with van der Waals surface area (Å²) < 4.78 is 48.7. The van der Waals surface area contributed by atoms with Gasteiger partial charge in [-0.15, -0.1) is 10.2 Å². The first-order valence-corrected chi connectivity index (χ1v) is 11.5. The van der Waals surface area contributed by atoms with E-state index >= 15 is 0 Å². The third kappa shape index (κ3) is 4.93. The van der Waals surface area contributed by atoms with Crippen LogP contribution in [0.2, 0.25) is 0 Å². The Morgan fingerprint density at radius 1 is 0.914 bits per heavy atom. The van der Waals surface area contributed by atoms with Crippen LogP contribution in [-0.4, -0.2) is 57.6 Å². The number of aryl methyl sites for hydroxylation is 1. The molecule has 10 heteroatoms. The van der Waals surface area contributed by atoms with E-state index in [1.54, 1.807) is 31.2 Å². The first-order chi connectivity index (χ1) is 16.9. The second-order valence-electron chi connectivity index (χ2n) is 8.52. The molecule has 1 fully saturated rings. The van der Waals surface area contributed by atoms with Crippen molar-refractivity contribution >= 4 is 5.69 Å². The Balaban J connectivity index is 1.28. The van der Waals surface area contributed by atoms with Crippen LogP contribution in [0, 0.1) is 6.92 Å². The molecule has 4 aromatic rings. The summed E-state index contributed by atoms with van der Waals surface area (Å²) in [7, 11) is 0. The highest BCUT2D eigenvalue weighted by atomic mass is 19.4. The topological polar surface area (TPSA) is 63.2 Å². The van der Waals surface area contributed by atoms with Crippen LogP contribution >= 0.6 is 0 Å². The molecule has 1 aliphatic rings. The summed E-state index contributed by atoms with van der Waals surface area (Å²) in [5.74, 6) is 0.128. The monoisotopic (exact) mass is 482 g/mol. The SMILES string of the molecule is Cc1ccccc1-n1ncc(-c2nnc(CCN3CCN(c4ccccc4)CC3)o2)c1C(F)(F)F. The lowest BCUT2D eigenvalue weighted by molar-refractivity contribution is -0.142. The van der Waals surface area contributed by atoms with Gasteiger partial charge in [0.05, 0.1) is 17.4 Å². The normalized spacial score (nSPS) is 15.0. The van der Waals surface area contributed by atoms with E-state index in [0.717, 1.165) is 37.1 Å².